The largest absolute Gasteiger partial charge is 0.334 e. The van der Waals surface area contributed by atoms with Crippen molar-refractivity contribution < 1.29 is 18.7 Å². The summed E-state index contributed by atoms with van der Waals surface area (Å²) in [7, 11) is 0. The van der Waals surface area contributed by atoms with Crippen LogP contribution in [0.5, 0.6) is 0 Å². The first kappa shape index (κ1) is 20.5. The molecule has 3 aromatic carbocycles. The van der Waals surface area contributed by atoms with Gasteiger partial charge in [-0.2, -0.15) is 0 Å². The Morgan fingerprint density at radius 2 is 1.71 bits per heavy atom. The lowest BCUT2D eigenvalue weighted by molar-refractivity contribution is -0.596. The molecule has 0 spiro atoms. The van der Waals surface area contributed by atoms with E-state index in [4.69, 9.17) is 0 Å². The van der Waals surface area contributed by atoms with Gasteiger partial charge in [-0.1, -0.05) is 47.5 Å². The van der Waals surface area contributed by atoms with Crippen molar-refractivity contribution in [2.45, 2.75) is 25.9 Å². The van der Waals surface area contributed by atoms with Crippen LogP contribution in [0.4, 0.5) is 4.39 Å². The molecule has 0 unspecified atom stereocenters. The van der Waals surface area contributed by atoms with Crippen molar-refractivity contribution in [3.8, 4) is 0 Å². The highest BCUT2D eigenvalue weighted by molar-refractivity contribution is 5.98. The molecule has 156 valence electrons. The van der Waals surface area contributed by atoms with Crippen LogP contribution in [0.15, 0.2) is 72.8 Å². The van der Waals surface area contributed by atoms with E-state index >= 15 is 0 Å². The summed E-state index contributed by atoms with van der Waals surface area (Å²) in [6.45, 7) is 3.90. The molecular weight excluding hydrogens is 393 g/mol. The topological polar surface area (TPSA) is 61.2 Å². The summed E-state index contributed by atoms with van der Waals surface area (Å²) < 4.78 is 15.0. The van der Waals surface area contributed by atoms with E-state index in [-0.39, 0.29) is 17.6 Å². The summed E-state index contributed by atoms with van der Waals surface area (Å²) in [6, 6.07) is 19.8. The number of benzene rings is 3. The van der Waals surface area contributed by atoms with Crippen molar-refractivity contribution in [3.63, 3.8) is 0 Å². The number of nitrogens with one attached hydrogen (secondary N) is 2. The quantitative estimate of drug-likeness (QED) is 0.640. The van der Waals surface area contributed by atoms with Gasteiger partial charge in [0.05, 0.1) is 0 Å². The maximum atomic E-state index is 13.3. The average molecular weight is 416 g/mol. The van der Waals surface area contributed by atoms with Crippen LogP contribution in [0.25, 0.3) is 0 Å². The van der Waals surface area contributed by atoms with Gasteiger partial charge in [0.1, 0.15) is 5.82 Å². The van der Waals surface area contributed by atoms with E-state index in [9.17, 15) is 14.0 Å². The molecule has 6 heteroatoms. The van der Waals surface area contributed by atoms with E-state index < -0.39 is 12.1 Å². The van der Waals surface area contributed by atoms with Crippen LogP contribution in [-0.2, 0) is 4.79 Å². The van der Waals surface area contributed by atoms with Gasteiger partial charge in [0, 0.05) is 16.7 Å². The molecule has 2 N–H and O–H groups in total. The van der Waals surface area contributed by atoms with Gasteiger partial charge in [0.15, 0.2) is 6.04 Å². The molecule has 1 aliphatic heterocycles. The minimum atomic E-state index is -0.799. The summed E-state index contributed by atoms with van der Waals surface area (Å²) in [5.74, 6) is -0.962. The van der Waals surface area contributed by atoms with E-state index in [1.165, 1.54) is 12.1 Å². The van der Waals surface area contributed by atoms with Gasteiger partial charge in [-0.3, -0.25) is 9.59 Å². The van der Waals surface area contributed by atoms with Gasteiger partial charge in [0.25, 0.3) is 5.91 Å². The van der Waals surface area contributed by atoms with Crippen LogP contribution < -0.4 is 10.7 Å². The monoisotopic (exact) mass is 416 g/mol. The number of halogens is 1. The average Bonchev–Trinajstić information content (AvgIpc) is 3.05. The third-order valence-corrected chi connectivity index (χ3v) is 5.28. The lowest BCUT2D eigenvalue weighted by Crippen LogP contribution is -2.42. The normalized spacial score (nSPS) is 19.3. The van der Waals surface area contributed by atoms with E-state index in [1.807, 2.05) is 50.2 Å². The Kier molecular flexibility index (Phi) is 5.62. The number of carbonyl (C=O) groups excluding carboxylic acids is 2. The second-order valence-corrected chi connectivity index (χ2v) is 7.74. The highest BCUT2D eigenvalue weighted by Gasteiger charge is 2.47. The lowest BCUT2D eigenvalue weighted by Gasteiger charge is -2.15. The summed E-state index contributed by atoms with van der Waals surface area (Å²) >= 11 is 0. The molecule has 0 aromatic heterocycles. The fourth-order valence-electron chi connectivity index (χ4n) is 3.66. The minimum absolute atomic E-state index is 0.315. The second kappa shape index (κ2) is 8.52. The smallest absolute Gasteiger partial charge is 0.304 e. The number of rotatable bonds is 4. The van der Waals surface area contributed by atoms with E-state index in [2.05, 4.69) is 10.7 Å². The molecular formula is C25H23FN3O2+. The number of aryl methyl sites for hydroxylation is 2. The second-order valence-electron chi connectivity index (χ2n) is 7.74. The van der Waals surface area contributed by atoms with E-state index in [0.717, 1.165) is 22.3 Å². The molecule has 1 aliphatic rings. The van der Waals surface area contributed by atoms with Crippen LogP contribution in [-0.4, -0.2) is 28.8 Å². The molecule has 0 aliphatic carbocycles. The molecule has 0 bridgehead atoms. The van der Waals surface area contributed by atoms with Crippen molar-refractivity contribution in [2.24, 2.45) is 0 Å². The van der Waals surface area contributed by atoms with Crippen molar-refractivity contribution in [2.75, 3.05) is 0 Å². The Hall–Kier alpha value is -3.80. The Labute approximate surface area is 180 Å². The maximum Gasteiger partial charge on any atom is 0.304 e. The molecule has 0 radical (unpaired) electrons. The molecule has 1 fully saturated rings. The van der Waals surface area contributed by atoms with Crippen LogP contribution >= 0.6 is 0 Å². The number of nitrogens with zero attached hydrogens (tertiary/aromatic N) is 1. The zero-order valence-corrected chi connectivity index (χ0v) is 17.3. The first-order valence-corrected chi connectivity index (χ1v) is 10.0. The third-order valence-electron chi connectivity index (χ3n) is 5.28. The standard InChI is InChI=1S/C25H22FN3O2/c1-16-6-10-19(11-7-16)23-22(27-24(30)20-5-3-4-17(2)14-20)25(31)28-29(23)15-18-8-12-21(26)13-9-18/h3-15,22-23H,1-2H3,(H-,27,28,30,31)/p+1/b29-15-/t22-,23-/m1/s1. The minimum Gasteiger partial charge on any atom is -0.334 e. The number of hydrogen-bond acceptors (Lipinski definition) is 2. The van der Waals surface area contributed by atoms with Gasteiger partial charge in [0.2, 0.25) is 12.3 Å². The Morgan fingerprint density at radius 1 is 1.00 bits per heavy atom. The maximum absolute atomic E-state index is 13.3. The third kappa shape index (κ3) is 4.53. The zero-order chi connectivity index (χ0) is 22.0. The molecule has 2 atom stereocenters. The molecule has 5 nitrogen and oxygen atoms in total. The molecule has 1 heterocycles. The number of amides is 2. The SMILES string of the molecule is Cc1ccc([C@@H]2[C@@H](NC(=O)c3cccc(C)c3)C(=O)N/[N+]2=C\c2ccc(F)cc2)cc1. The van der Waals surface area contributed by atoms with Crippen molar-refractivity contribution in [3.05, 3.63) is 106 Å². The van der Waals surface area contributed by atoms with Gasteiger partial charge in [-0.05, 0) is 50.2 Å². The number of hydrazine groups is 1. The van der Waals surface area contributed by atoms with Crippen LogP contribution in [0.2, 0.25) is 0 Å². The lowest BCUT2D eigenvalue weighted by atomic mass is 9.98. The highest BCUT2D eigenvalue weighted by atomic mass is 19.1. The van der Waals surface area contributed by atoms with Crippen molar-refractivity contribution in [1.82, 2.24) is 10.7 Å². The fraction of sp³-hybridized carbons (Fsp3) is 0.160. The summed E-state index contributed by atoms with van der Waals surface area (Å²) in [6.07, 6.45) is 1.74. The number of hydrogen-bond donors (Lipinski definition) is 2. The molecule has 4 rings (SSSR count). The Balaban J connectivity index is 1.70. The van der Waals surface area contributed by atoms with Gasteiger partial charge in [-0.15, -0.1) is 10.1 Å². The zero-order valence-electron chi connectivity index (χ0n) is 17.3. The van der Waals surface area contributed by atoms with E-state index in [1.54, 1.807) is 35.2 Å². The predicted octanol–water partition coefficient (Wildman–Crippen LogP) is 3.46. The highest BCUT2D eigenvalue weighted by Crippen LogP contribution is 2.26. The Bertz CT molecular complexity index is 1150. The summed E-state index contributed by atoms with van der Waals surface area (Å²) in [5.41, 5.74) is 6.98. The predicted molar refractivity (Wildman–Crippen MR) is 116 cm³/mol. The molecule has 1 saturated heterocycles. The fourth-order valence-corrected chi connectivity index (χ4v) is 3.66. The molecule has 0 saturated carbocycles. The number of hydrazone groups is 1. The first-order valence-electron chi connectivity index (χ1n) is 10.0. The van der Waals surface area contributed by atoms with Crippen LogP contribution in [0.1, 0.15) is 38.7 Å². The molecule has 2 amide bonds. The molecule has 31 heavy (non-hydrogen) atoms. The summed E-state index contributed by atoms with van der Waals surface area (Å²) in [5, 5.41) is 2.89. The van der Waals surface area contributed by atoms with Crippen molar-refractivity contribution >= 4 is 18.0 Å². The van der Waals surface area contributed by atoms with Gasteiger partial charge >= 0.3 is 5.91 Å². The summed E-state index contributed by atoms with van der Waals surface area (Å²) in [4.78, 5) is 25.7. The van der Waals surface area contributed by atoms with Gasteiger partial charge in [-0.25, -0.2) is 4.39 Å². The Morgan fingerprint density at radius 3 is 2.39 bits per heavy atom. The van der Waals surface area contributed by atoms with E-state index in [0.29, 0.717) is 5.56 Å². The van der Waals surface area contributed by atoms with Crippen molar-refractivity contribution in [1.29, 1.82) is 0 Å². The van der Waals surface area contributed by atoms with Crippen LogP contribution in [0, 0.1) is 19.7 Å². The van der Waals surface area contributed by atoms with Gasteiger partial charge < -0.3 is 5.32 Å². The number of carbonyl (C=O) groups is 2. The molecule has 3 aromatic rings. The first-order chi connectivity index (χ1) is 14.9. The van der Waals surface area contributed by atoms with Crippen LogP contribution in [0.3, 0.4) is 0 Å².